The molecule has 4 rings (SSSR count). The number of guanidine groups is 1. The van der Waals surface area contributed by atoms with Crippen molar-refractivity contribution in [3.63, 3.8) is 0 Å². The van der Waals surface area contributed by atoms with Crippen LogP contribution in [0.2, 0.25) is 0 Å². The van der Waals surface area contributed by atoms with Crippen LogP contribution < -0.4 is 10.6 Å². The molecule has 3 saturated heterocycles. The Bertz CT molecular complexity index is 533. The zero-order valence-electron chi connectivity index (χ0n) is 14.8. The van der Waals surface area contributed by atoms with Gasteiger partial charge in [0.1, 0.15) is 5.01 Å². The van der Waals surface area contributed by atoms with Crippen LogP contribution in [0.15, 0.2) is 4.99 Å². The predicted molar refractivity (Wildman–Crippen MR) is 112 cm³/mol. The van der Waals surface area contributed by atoms with E-state index in [1.807, 2.05) is 0 Å². The van der Waals surface area contributed by atoms with Crippen LogP contribution in [-0.2, 0) is 6.54 Å². The van der Waals surface area contributed by atoms with Crippen molar-refractivity contribution in [1.82, 2.24) is 25.4 Å². The Balaban J connectivity index is 0.00000208. The Morgan fingerprint density at radius 3 is 2.54 bits per heavy atom. The van der Waals surface area contributed by atoms with E-state index in [0.29, 0.717) is 12.6 Å². The van der Waals surface area contributed by atoms with Gasteiger partial charge >= 0.3 is 0 Å². The third-order valence-electron chi connectivity index (χ3n) is 4.69. The van der Waals surface area contributed by atoms with E-state index in [2.05, 4.69) is 46.2 Å². The Morgan fingerprint density at radius 2 is 2.00 bits per heavy atom. The summed E-state index contributed by atoms with van der Waals surface area (Å²) in [7, 11) is 0. The number of aryl methyl sites for hydroxylation is 2. The van der Waals surface area contributed by atoms with Crippen molar-refractivity contribution >= 4 is 41.3 Å². The van der Waals surface area contributed by atoms with Gasteiger partial charge in [-0.05, 0) is 20.8 Å². The highest BCUT2D eigenvalue weighted by molar-refractivity contribution is 14.0. The van der Waals surface area contributed by atoms with Crippen molar-refractivity contribution in [2.45, 2.75) is 33.4 Å². The van der Waals surface area contributed by atoms with Gasteiger partial charge in [-0.15, -0.1) is 35.3 Å². The largest absolute Gasteiger partial charge is 0.357 e. The molecule has 2 N–H and O–H groups in total. The maximum Gasteiger partial charge on any atom is 0.191 e. The highest BCUT2D eigenvalue weighted by Gasteiger charge is 2.31. The van der Waals surface area contributed by atoms with E-state index in [4.69, 9.17) is 4.99 Å². The Kier molecular flexibility index (Phi) is 7.70. The number of hydrogen-bond acceptors (Lipinski definition) is 5. The summed E-state index contributed by atoms with van der Waals surface area (Å²) >= 11 is 1.74. The second-order valence-electron chi connectivity index (χ2n) is 6.32. The number of thiazole rings is 1. The topological polar surface area (TPSA) is 55.8 Å². The fourth-order valence-electron chi connectivity index (χ4n) is 3.23. The monoisotopic (exact) mass is 464 g/mol. The lowest BCUT2D eigenvalue weighted by atomic mass is 10.1. The number of aromatic nitrogens is 1. The van der Waals surface area contributed by atoms with Crippen LogP contribution in [0.4, 0.5) is 0 Å². The summed E-state index contributed by atoms with van der Waals surface area (Å²) < 4.78 is 0. The molecule has 24 heavy (non-hydrogen) atoms. The molecule has 3 aliphatic rings. The maximum atomic E-state index is 4.69. The van der Waals surface area contributed by atoms with Gasteiger partial charge in [-0.3, -0.25) is 9.80 Å². The first-order valence-electron chi connectivity index (χ1n) is 8.57. The standard InChI is InChI=1S/C16H28N6S.HI/c1-4-17-16(19-10-15-20-12(2)13(3)23-15)18-9-14-11-21-5-7-22(14)8-6-21;/h14H,4-11H2,1-3H3,(H2,17,18,19);1H. The predicted octanol–water partition coefficient (Wildman–Crippen LogP) is 1.43. The molecular weight excluding hydrogens is 435 g/mol. The Hall–Kier alpha value is -0.450. The smallest absolute Gasteiger partial charge is 0.191 e. The van der Waals surface area contributed by atoms with E-state index in [0.717, 1.165) is 29.8 Å². The van der Waals surface area contributed by atoms with E-state index in [1.54, 1.807) is 11.3 Å². The minimum Gasteiger partial charge on any atom is -0.357 e. The molecule has 6 nitrogen and oxygen atoms in total. The molecule has 0 spiro atoms. The lowest BCUT2D eigenvalue weighted by Gasteiger charge is -2.47. The van der Waals surface area contributed by atoms with Gasteiger partial charge < -0.3 is 10.6 Å². The average Bonchev–Trinajstić information content (AvgIpc) is 2.89. The number of hydrogen-bond donors (Lipinski definition) is 2. The van der Waals surface area contributed by atoms with E-state index in [1.165, 1.54) is 37.6 Å². The summed E-state index contributed by atoms with van der Waals surface area (Å²) in [6.07, 6.45) is 0. The van der Waals surface area contributed by atoms with Gasteiger partial charge in [0.15, 0.2) is 5.96 Å². The first kappa shape index (κ1) is 19.9. The van der Waals surface area contributed by atoms with Gasteiger partial charge in [-0.25, -0.2) is 9.98 Å². The highest BCUT2D eigenvalue weighted by atomic mass is 127. The first-order chi connectivity index (χ1) is 11.2. The summed E-state index contributed by atoms with van der Waals surface area (Å²) in [5, 5.41) is 7.94. The van der Waals surface area contributed by atoms with E-state index < -0.39 is 0 Å². The lowest BCUT2D eigenvalue weighted by Crippen LogP contribution is -2.63. The molecule has 0 saturated carbocycles. The normalized spacial score (nSPS) is 26.1. The molecule has 3 aliphatic heterocycles. The molecule has 0 radical (unpaired) electrons. The molecular formula is C16H29IN6S. The molecule has 8 heteroatoms. The molecule has 0 aliphatic carbocycles. The molecule has 4 heterocycles. The summed E-state index contributed by atoms with van der Waals surface area (Å²) in [5.74, 6) is 0.899. The number of fused-ring (bicyclic) bond motifs is 3. The fourth-order valence-corrected chi connectivity index (χ4v) is 4.09. The van der Waals surface area contributed by atoms with E-state index in [9.17, 15) is 0 Å². The number of rotatable bonds is 5. The van der Waals surface area contributed by atoms with Crippen molar-refractivity contribution in [3.05, 3.63) is 15.6 Å². The number of nitrogens with zero attached hydrogens (tertiary/aromatic N) is 4. The zero-order valence-corrected chi connectivity index (χ0v) is 18.0. The SMILES string of the molecule is CCNC(=NCc1nc(C)c(C)s1)NCC1CN2CCN1CC2.I. The molecule has 1 unspecified atom stereocenters. The van der Waals surface area contributed by atoms with E-state index in [-0.39, 0.29) is 24.0 Å². The van der Waals surface area contributed by atoms with Gasteiger partial charge in [0.25, 0.3) is 0 Å². The minimum atomic E-state index is 0. The average molecular weight is 464 g/mol. The first-order valence-corrected chi connectivity index (χ1v) is 9.39. The van der Waals surface area contributed by atoms with Gasteiger partial charge in [0.05, 0.1) is 12.2 Å². The minimum absolute atomic E-state index is 0. The summed E-state index contributed by atoms with van der Waals surface area (Å²) in [6.45, 7) is 14.8. The summed E-state index contributed by atoms with van der Waals surface area (Å²) in [6, 6.07) is 0.603. The maximum absolute atomic E-state index is 4.69. The van der Waals surface area contributed by atoms with Crippen LogP contribution >= 0.6 is 35.3 Å². The van der Waals surface area contributed by atoms with Crippen molar-refractivity contribution in [1.29, 1.82) is 0 Å². The molecule has 2 bridgehead atoms. The van der Waals surface area contributed by atoms with Crippen LogP contribution in [0.25, 0.3) is 0 Å². The van der Waals surface area contributed by atoms with E-state index >= 15 is 0 Å². The molecule has 0 aromatic carbocycles. The van der Waals surface area contributed by atoms with Crippen LogP contribution in [0.5, 0.6) is 0 Å². The lowest BCUT2D eigenvalue weighted by molar-refractivity contribution is 0.0154. The van der Waals surface area contributed by atoms with Crippen LogP contribution in [0.3, 0.4) is 0 Å². The van der Waals surface area contributed by atoms with Crippen LogP contribution in [0, 0.1) is 13.8 Å². The molecule has 136 valence electrons. The van der Waals surface area contributed by atoms with Crippen LogP contribution in [0.1, 0.15) is 22.5 Å². The highest BCUT2D eigenvalue weighted by Crippen LogP contribution is 2.17. The number of nitrogens with one attached hydrogen (secondary N) is 2. The number of piperazine rings is 3. The van der Waals surface area contributed by atoms with Crippen molar-refractivity contribution < 1.29 is 0 Å². The van der Waals surface area contributed by atoms with Gasteiger partial charge in [-0.2, -0.15) is 0 Å². The third kappa shape index (κ3) is 5.03. The van der Waals surface area contributed by atoms with Gasteiger partial charge in [0.2, 0.25) is 0 Å². The van der Waals surface area contributed by atoms with Gasteiger partial charge in [-0.1, -0.05) is 0 Å². The molecule has 1 aromatic rings. The quantitative estimate of drug-likeness (QED) is 0.393. The van der Waals surface area contributed by atoms with Crippen molar-refractivity contribution in [2.75, 3.05) is 45.8 Å². The van der Waals surface area contributed by atoms with Gasteiger partial charge in [0, 0.05) is 56.7 Å². The zero-order chi connectivity index (χ0) is 16.2. The Labute approximate surface area is 166 Å². The second-order valence-corrected chi connectivity index (χ2v) is 7.60. The molecule has 3 fully saturated rings. The number of aliphatic imine (C=N–C) groups is 1. The summed E-state index contributed by atoms with van der Waals surface area (Å²) in [5.41, 5.74) is 1.12. The Morgan fingerprint density at radius 1 is 1.25 bits per heavy atom. The van der Waals surface area contributed by atoms with Crippen molar-refractivity contribution in [2.24, 2.45) is 4.99 Å². The molecule has 1 atom stereocenters. The van der Waals surface area contributed by atoms with Crippen LogP contribution in [-0.4, -0.2) is 72.6 Å². The van der Waals surface area contributed by atoms with Crippen molar-refractivity contribution in [3.8, 4) is 0 Å². The number of halogens is 1. The fraction of sp³-hybridized carbons (Fsp3) is 0.750. The second kappa shape index (κ2) is 9.30. The molecule has 0 amide bonds. The third-order valence-corrected chi connectivity index (χ3v) is 5.74. The summed E-state index contributed by atoms with van der Waals surface area (Å²) in [4.78, 5) is 15.7. The molecule has 1 aromatic heterocycles.